The van der Waals surface area contributed by atoms with Gasteiger partial charge in [0.05, 0.1) is 19.3 Å². The van der Waals surface area contributed by atoms with Gasteiger partial charge >= 0.3 is 5.97 Å². The van der Waals surface area contributed by atoms with Crippen molar-refractivity contribution in [3.63, 3.8) is 0 Å². The Hall–Kier alpha value is -1.49. The number of methoxy groups -OCH3 is 1. The van der Waals surface area contributed by atoms with E-state index in [1.165, 1.54) is 13.2 Å². The van der Waals surface area contributed by atoms with Crippen molar-refractivity contribution in [1.82, 2.24) is 9.55 Å². The molecule has 0 spiro atoms. The van der Waals surface area contributed by atoms with Crippen molar-refractivity contribution >= 4 is 46.8 Å². The minimum Gasteiger partial charge on any atom is -0.466 e. The number of aryl methyl sites for hydroxylation is 1. The molecule has 1 aromatic heterocycles. The first-order valence-corrected chi connectivity index (χ1v) is 7.48. The molecule has 2 aromatic rings. The van der Waals surface area contributed by atoms with Gasteiger partial charge in [0, 0.05) is 16.1 Å². The monoisotopic (exact) mass is 358 g/mol. The lowest BCUT2D eigenvalue weighted by atomic mass is 10.2. The zero-order valence-electron chi connectivity index (χ0n) is 11.9. The van der Waals surface area contributed by atoms with E-state index in [-0.39, 0.29) is 0 Å². The van der Waals surface area contributed by atoms with Crippen molar-refractivity contribution in [3.05, 3.63) is 56.6 Å². The van der Waals surface area contributed by atoms with Crippen LogP contribution in [0.25, 0.3) is 6.08 Å². The lowest BCUT2D eigenvalue weighted by Gasteiger charge is -2.10. The van der Waals surface area contributed by atoms with Gasteiger partial charge in [-0.15, -0.1) is 0 Å². The van der Waals surface area contributed by atoms with Crippen LogP contribution in [0.3, 0.4) is 0 Å². The molecular formula is C15H13Cl3N2O2. The Kier molecular flexibility index (Phi) is 5.51. The van der Waals surface area contributed by atoms with E-state index in [2.05, 4.69) is 9.72 Å². The average molecular weight is 360 g/mol. The maximum absolute atomic E-state index is 11.2. The predicted molar refractivity (Wildman–Crippen MR) is 88.6 cm³/mol. The summed E-state index contributed by atoms with van der Waals surface area (Å²) in [6.45, 7) is 2.29. The molecule has 0 N–H and O–H groups in total. The Balaban J connectivity index is 2.38. The first-order chi connectivity index (χ1) is 10.4. The largest absolute Gasteiger partial charge is 0.466 e. The Morgan fingerprint density at radius 3 is 2.73 bits per heavy atom. The Morgan fingerprint density at radius 2 is 2.09 bits per heavy atom. The minimum absolute atomic E-state index is 0.308. The fourth-order valence-corrected chi connectivity index (χ4v) is 2.69. The highest BCUT2D eigenvalue weighted by molar-refractivity contribution is 6.35. The van der Waals surface area contributed by atoms with Crippen molar-refractivity contribution in [1.29, 1.82) is 0 Å². The van der Waals surface area contributed by atoms with Gasteiger partial charge in [0.25, 0.3) is 0 Å². The van der Waals surface area contributed by atoms with Gasteiger partial charge in [-0.2, -0.15) is 0 Å². The number of hydrogen-bond acceptors (Lipinski definition) is 3. The number of carbonyl (C=O) groups is 1. The molecule has 0 fully saturated rings. The molecule has 1 aromatic carbocycles. The van der Waals surface area contributed by atoms with Crippen LogP contribution in [0.5, 0.6) is 0 Å². The zero-order chi connectivity index (χ0) is 16.3. The van der Waals surface area contributed by atoms with Gasteiger partial charge in [0.15, 0.2) is 5.15 Å². The Labute approximate surface area is 143 Å². The van der Waals surface area contributed by atoms with Crippen LogP contribution in [-0.2, 0) is 16.1 Å². The summed E-state index contributed by atoms with van der Waals surface area (Å²) in [5.74, 6) is 0.242. The number of benzene rings is 1. The second-order valence-corrected chi connectivity index (χ2v) is 5.72. The minimum atomic E-state index is -0.467. The first kappa shape index (κ1) is 16.9. The summed E-state index contributed by atoms with van der Waals surface area (Å²) >= 11 is 18.2. The van der Waals surface area contributed by atoms with Crippen LogP contribution in [0.2, 0.25) is 15.2 Å². The van der Waals surface area contributed by atoms with Crippen LogP contribution < -0.4 is 0 Å². The third kappa shape index (κ3) is 3.83. The lowest BCUT2D eigenvalue weighted by Crippen LogP contribution is -2.05. The van der Waals surface area contributed by atoms with Gasteiger partial charge in [-0.25, -0.2) is 9.78 Å². The van der Waals surface area contributed by atoms with Gasteiger partial charge in [-0.3, -0.25) is 0 Å². The number of carbonyl (C=O) groups excluding carboxylic acids is 1. The van der Waals surface area contributed by atoms with E-state index in [4.69, 9.17) is 34.8 Å². The number of hydrogen-bond donors (Lipinski definition) is 0. The molecule has 2 rings (SSSR count). The molecule has 7 heteroatoms. The summed E-state index contributed by atoms with van der Waals surface area (Å²) in [6.07, 6.45) is 2.86. The number of imidazole rings is 1. The topological polar surface area (TPSA) is 44.1 Å². The maximum Gasteiger partial charge on any atom is 0.330 e. The highest BCUT2D eigenvalue weighted by Gasteiger charge is 2.13. The van der Waals surface area contributed by atoms with Crippen molar-refractivity contribution in [2.24, 2.45) is 0 Å². The fourth-order valence-electron chi connectivity index (χ4n) is 1.94. The molecular weight excluding hydrogens is 347 g/mol. The van der Waals surface area contributed by atoms with Crippen molar-refractivity contribution < 1.29 is 9.53 Å². The van der Waals surface area contributed by atoms with E-state index < -0.39 is 5.97 Å². The molecule has 4 nitrogen and oxygen atoms in total. The summed E-state index contributed by atoms with van der Waals surface area (Å²) in [7, 11) is 1.31. The molecule has 0 bridgehead atoms. The second kappa shape index (κ2) is 7.18. The summed E-state index contributed by atoms with van der Waals surface area (Å²) in [5, 5.41) is 1.43. The third-order valence-corrected chi connectivity index (χ3v) is 3.94. The van der Waals surface area contributed by atoms with Crippen LogP contribution in [0.4, 0.5) is 0 Å². The highest BCUT2D eigenvalue weighted by atomic mass is 35.5. The molecule has 0 aliphatic carbocycles. The molecule has 0 saturated carbocycles. The number of esters is 1. The molecule has 116 valence electrons. The maximum atomic E-state index is 11.2. The number of ether oxygens (including phenoxy) is 1. The molecule has 0 amide bonds. The normalized spacial score (nSPS) is 11.1. The van der Waals surface area contributed by atoms with Gasteiger partial charge in [-0.05, 0) is 30.7 Å². The first-order valence-electron chi connectivity index (χ1n) is 6.35. The summed E-state index contributed by atoms with van der Waals surface area (Å²) in [6, 6.07) is 5.28. The quantitative estimate of drug-likeness (QED) is 0.601. The third-order valence-electron chi connectivity index (χ3n) is 3.07. The van der Waals surface area contributed by atoms with Gasteiger partial charge in [0.2, 0.25) is 0 Å². The molecule has 0 atom stereocenters. The molecule has 0 aliphatic rings. The van der Waals surface area contributed by atoms with E-state index in [0.29, 0.717) is 33.3 Å². The van der Waals surface area contributed by atoms with E-state index in [9.17, 15) is 4.79 Å². The molecule has 0 aliphatic heterocycles. The van der Waals surface area contributed by atoms with Crippen LogP contribution in [-0.4, -0.2) is 22.6 Å². The van der Waals surface area contributed by atoms with E-state index in [1.807, 2.05) is 17.6 Å². The SMILES string of the molecule is COC(=O)/C=C/c1c(Cl)nc(C)n1Cc1ccc(Cl)cc1Cl. The molecule has 0 saturated heterocycles. The van der Waals surface area contributed by atoms with Gasteiger partial charge in [0.1, 0.15) is 5.82 Å². The molecule has 0 unspecified atom stereocenters. The van der Waals surface area contributed by atoms with Crippen LogP contribution in [0.1, 0.15) is 17.1 Å². The fraction of sp³-hybridized carbons (Fsp3) is 0.200. The summed E-state index contributed by atoms with van der Waals surface area (Å²) in [4.78, 5) is 15.5. The highest BCUT2D eigenvalue weighted by Crippen LogP contribution is 2.25. The Bertz CT molecular complexity index is 739. The number of rotatable bonds is 4. The zero-order valence-corrected chi connectivity index (χ0v) is 14.2. The van der Waals surface area contributed by atoms with Crippen molar-refractivity contribution in [3.8, 4) is 0 Å². The van der Waals surface area contributed by atoms with Crippen molar-refractivity contribution in [2.45, 2.75) is 13.5 Å². The molecule has 1 heterocycles. The van der Waals surface area contributed by atoms with Crippen LogP contribution in [0.15, 0.2) is 24.3 Å². The van der Waals surface area contributed by atoms with E-state index in [1.54, 1.807) is 18.2 Å². The van der Waals surface area contributed by atoms with Crippen LogP contribution >= 0.6 is 34.8 Å². The summed E-state index contributed by atoms with van der Waals surface area (Å²) < 4.78 is 6.43. The predicted octanol–water partition coefficient (Wildman–Crippen LogP) is 4.39. The van der Waals surface area contributed by atoms with Crippen molar-refractivity contribution in [2.75, 3.05) is 7.11 Å². The van der Waals surface area contributed by atoms with Gasteiger partial charge in [-0.1, -0.05) is 40.9 Å². The number of halogens is 3. The van der Waals surface area contributed by atoms with E-state index >= 15 is 0 Å². The van der Waals surface area contributed by atoms with Crippen LogP contribution in [0, 0.1) is 6.92 Å². The summed E-state index contributed by atoms with van der Waals surface area (Å²) in [5.41, 5.74) is 1.48. The molecule has 22 heavy (non-hydrogen) atoms. The smallest absolute Gasteiger partial charge is 0.330 e. The number of aromatic nitrogens is 2. The average Bonchev–Trinajstić information content (AvgIpc) is 2.73. The lowest BCUT2D eigenvalue weighted by molar-refractivity contribution is -0.134. The number of nitrogens with zero attached hydrogens (tertiary/aromatic N) is 2. The Morgan fingerprint density at radius 1 is 1.36 bits per heavy atom. The molecule has 0 radical (unpaired) electrons. The van der Waals surface area contributed by atoms with Gasteiger partial charge < -0.3 is 9.30 Å². The standard InChI is InChI=1S/C15H13Cl3N2O2/c1-9-19-15(18)13(5-6-14(21)22-2)20(9)8-10-3-4-11(16)7-12(10)17/h3-7H,8H2,1-2H3/b6-5+. The second-order valence-electron chi connectivity index (χ2n) is 4.51. The van der Waals surface area contributed by atoms with E-state index in [0.717, 1.165) is 5.56 Å².